The average molecular weight is 698 g/mol. The molecule has 46 heavy (non-hydrogen) atoms. The van der Waals surface area contributed by atoms with Crippen LogP contribution in [0.5, 0.6) is 0 Å². The Balaban J connectivity index is 1.87. The smallest absolute Gasteiger partial charge is 0.203 e. The van der Waals surface area contributed by atoms with E-state index in [0.29, 0.717) is 0 Å². The first kappa shape index (κ1) is 42.2. The first-order valence-corrected chi connectivity index (χ1v) is 24.9. The molecule has 2 rings (SSSR count). The van der Waals surface area contributed by atoms with Gasteiger partial charge in [0, 0.05) is 18.0 Å². The maximum atomic E-state index is 11.0. The number of benzene rings is 1. The summed E-state index contributed by atoms with van der Waals surface area (Å²) in [6, 6.07) is 4.59. The summed E-state index contributed by atoms with van der Waals surface area (Å²) in [7, 11) is -0.623. The van der Waals surface area contributed by atoms with Gasteiger partial charge in [0.2, 0.25) is 5.69 Å². The number of aryl methyl sites for hydroxylation is 1. The van der Waals surface area contributed by atoms with Crippen LogP contribution >= 0.6 is 17.9 Å². The molecule has 3 nitrogen and oxygen atoms in total. The van der Waals surface area contributed by atoms with Gasteiger partial charge in [0.1, 0.15) is 0 Å². The lowest BCUT2D eigenvalue weighted by Crippen LogP contribution is -2.31. The molecule has 0 aliphatic carbocycles. The standard InChI is InChI=1S/C40H76NO2PS2/c1-4-6-8-10-12-14-16-17-18-19-21-23-25-30-36-46(44(42,43)45)39-33-32-38(37(3)40(39)41-34-28-26-29-35-41)31-27-24-22-20-15-13-11-9-7-5-2/h32-33,42-43,45H,4-31,34-36H2,1-3H3. The molecule has 0 aromatic heterocycles. The Morgan fingerprint density at radius 1 is 0.609 bits per heavy atom. The third-order valence-electron chi connectivity index (χ3n) is 10.2. The molecule has 0 radical (unpaired) electrons. The number of nitrogens with zero attached hydrogens (tertiary/aromatic N) is 1. The van der Waals surface area contributed by atoms with E-state index in [1.807, 2.05) is 0 Å². The van der Waals surface area contributed by atoms with Crippen molar-refractivity contribution >= 4 is 33.7 Å². The molecule has 1 heterocycles. The predicted molar refractivity (Wildman–Crippen MR) is 214 cm³/mol. The lowest BCUT2D eigenvalue weighted by atomic mass is 9.98. The molecule has 2 N–H and O–H groups in total. The molecule has 6 heteroatoms. The topological polar surface area (TPSA) is 43.7 Å². The summed E-state index contributed by atoms with van der Waals surface area (Å²) in [6.07, 6.45) is 37.3. The first-order valence-electron chi connectivity index (χ1n) is 20.1. The zero-order chi connectivity index (χ0) is 33.3. The minimum absolute atomic E-state index is 0.623. The fourth-order valence-electron chi connectivity index (χ4n) is 7.29. The van der Waals surface area contributed by atoms with Crippen LogP contribution < -0.4 is 4.90 Å². The van der Waals surface area contributed by atoms with Gasteiger partial charge >= 0.3 is 0 Å². The molecular formula is C40H76NO2PS2. The second-order valence-electron chi connectivity index (χ2n) is 14.4. The molecule has 1 aromatic carbocycles. The molecule has 270 valence electrons. The molecule has 1 unspecified atom stereocenters. The number of hydrogen-bond acceptors (Lipinski definition) is 1. The summed E-state index contributed by atoms with van der Waals surface area (Å²) >= 11 is 4.49. The van der Waals surface area contributed by atoms with E-state index in [0.717, 1.165) is 31.7 Å². The Kier molecular flexibility index (Phi) is 24.7. The summed E-state index contributed by atoms with van der Waals surface area (Å²) in [4.78, 5) is 25.8. The summed E-state index contributed by atoms with van der Waals surface area (Å²) in [5, 5.41) is 0. The molecule has 1 aliphatic heterocycles. The maximum Gasteiger partial charge on any atom is 0.203 e. The Hall–Kier alpha value is 0.0700. The minimum atomic E-state index is -3.30. The zero-order valence-electron chi connectivity index (χ0n) is 30.7. The normalized spacial score (nSPS) is 14.7. The number of hydrogen-bond donors (Lipinski definition) is 3. The van der Waals surface area contributed by atoms with Crippen LogP contribution in [0.15, 0.2) is 17.0 Å². The number of rotatable bonds is 28. The second kappa shape index (κ2) is 26.9. The van der Waals surface area contributed by atoms with Crippen molar-refractivity contribution in [3.63, 3.8) is 0 Å². The van der Waals surface area contributed by atoms with E-state index in [1.54, 1.807) is 0 Å². The molecule has 0 amide bonds. The lowest BCUT2D eigenvalue weighted by molar-refractivity contribution is 0.502. The van der Waals surface area contributed by atoms with E-state index in [2.05, 4.69) is 50.1 Å². The van der Waals surface area contributed by atoms with Gasteiger partial charge in [-0.2, -0.15) is 0 Å². The largest absolute Gasteiger partial charge is 0.370 e. The molecule has 1 atom stereocenters. The van der Waals surface area contributed by atoms with Crippen LogP contribution in [0.4, 0.5) is 5.69 Å². The van der Waals surface area contributed by atoms with Crippen molar-refractivity contribution in [2.24, 2.45) is 0 Å². The fourth-order valence-corrected chi connectivity index (χ4v) is 13.1. The molecule has 1 fully saturated rings. The van der Waals surface area contributed by atoms with E-state index < -0.39 is 15.8 Å². The van der Waals surface area contributed by atoms with Gasteiger partial charge in [-0.1, -0.05) is 183 Å². The van der Waals surface area contributed by atoms with Gasteiger partial charge in [0.05, 0.1) is 5.69 Å². The van der Waals surface area contributed by atoms with Gasteiger partial charge in [-0.3, -0.25) is 0 Å². The minimum Gasteiger partial charge on any atom is -0.370 e. The quantitative estimate of drug-likeness (QED) is 0.0464. The summed E-state index contributed by atoms with van der Waals surface area (Å²) in [5.41, 5.74) is 0.867. The highest BCUT2D eigenvalue weighted by Crippen LogP contribution is 2.51. The molecule has 0 bridgehead atoms. The first-order chi connectivity index (χ1) is 22.4. The Labute approximate surface area is 294 Å². The summed E-state index contributed by atoms with van der Waals surface area (Å²) in [6.45, 7) is 9.05. The Morgan fingerprint density at radius 2 is 1.02 bits per heavy atom. The van der Waals surface area contributed by atoms with Gasteiger partial charge in [0.15, 0.2) is 0 Å². The van der Waals surface area contributed by atoms with Crippen molar-refractivity contribution < 1.29 is 9.79 Å². The average Bonchev–Trinajstić information content (AvgIpc) is 3.04. The van der Waals surface area contributed by atoms with Crippen molar-refractivity contribution in [3.8, 4) is 0 Å². The predicted octanol–water partition coefficient (Wildman–Crippen LogP) is 13.5. The highest BCUT2D eigenvalue weighted by atomic mass is 32.9. The molecule has 1 aromatic rings. The van der Waals surface area contributed by atoms with Gasteiger partial charge in [0.25, 0.3) is 0 Å². The highest BCUT2D eigenvalue weighted by molar-refractivity contribution is 8.65. The van der Waals surface area contributed by atoms with Gasteiger partial charge in [-0.05, 0) is 68.4 Å². The second-order valence-corrected chi connectivity index (χ2v) is 22.3. The number of anilines is 1. The van der Waals surface area contributed by atoms with Gasteiger partial charge < -0.3 is 14.7 Å². The van der Waals surface area contributed by atoms with E-state index in [9.17, 15) is 9.79 Å². The molecule has 1 saturated heterocycles. The summed E-state index contributed by atoms with van der Waals surface area (Å²) < 4.78 is 0. The van der Waals surface area contributed by atoms with Crippen LogP contribution in [0.3, 0.4) is 0 Å². The van der Waals surface area contributed by atoms with Gasteiger partial charge in [-0.25, -0.2) is 0 Å². The maximum absolute atomic E-state index is 11.0. The van der Waals surface area contributed by atoms with Crippen LogP contribution in [-0.2, 0) is 16.5 Å². The Morgan fingerprint density at radius 3 is 1.46 bits per heavy atom. The van der Waals surface area contributed by atoms with E-state index in [-0.39, 0.29) is 0 Å². The van der Waals surface area contributed by atoms with Crippen LogP contribution in [0.1, 0.15) is 198 Å². The van der Waals surface area contributed by atoms with Crippen molar-refractivity contribution in [2.45, 2.75) is 205 Å². The number of thiol groups is 1. The van der Waals surface area contributed by atoms with Crippen molar-refractivity contribution in [1.82, 2.24) is 0 Å². The third kappa shape index (κ3) is 18.2. The van der Waals surface area contributed by atoms with Crippen molar-refractivity contribution in [1.29, 1.82) is 0 Å². The van der Waals surface area contributed by atoms with E-state index in [4.69, 9.17) is 0 Å². The molecule has 0 spiro atoms. The van der Waals surface area contributed by atoms with E-state index in [1.165, 1.54) is 189 Å². The lowest BCUT2D eigenvalue weighted by Gasteiger charge is -2.34. The van der Waals surface area contributed by atoms with E-state index >= 15 is 0 Å². The van der Waals surface area contributed by atoms with Crippen molar-refractivity contribution in [2.75, 3.05) is 23.7 Å². The third-order valence-corrected chi connectivity index (χ3v) is 17.0. The van der Waals surface area contributed by atoms with Crippen LogP contribution in [0.2, 0.25) is 0 Å². The monoisotopic (exact) mass is 698 g/mol. The molecular weight excluding hydrogens is 622 g/mol. The zero-order valence-corrected chi connectivity index (χ0v) is 33.3. The Bertz CT molecular complexity index is 949. The van der Waals surface area contributed by atoms with Crippen LogP contribution in [0, 0.1) is 6.92 Å². The fraction of sp³-hybridized carbons (Fsp3) is 0.850. The number of piperidine rings is 1. The summed E-state index contributed by atoms with van der Waals surface area (Å²) in [5.74, 6) is 0.848. The van der Waals surface area contributed by atoms with Crippen LogP contribution in [0.25, 0.3) is 0 Å². The van der Waals surface area contributed by atoms with Gasteiger partial charge in [-0.15, -0.1) is 0 Å². The highest BCUT2D eigenvalue weighted by Gasteiger charge is 2.24. The molecule has 0 saturated carbocycles. The molecule has 1 aliphatic rings. The number of unbranched alkanes of at least 4 members (excludes halogenated alkanes) is 22. The van der Waals surface area contributed by atoms with Crippen LogP contribution in [-0.4, -0.2) is 28.6 Å². The SMILES string of the molecule is CCCCCCCCCCCCCCCCS(c1ccc(CCCCCCCCCCCC)c(C)c1N1CCCCC1)=P(O)(O)S. The van der Waals surface area contributed by atoms with Crippen molar-refractivity contribution in [3.05, 3.63) is 23.3 Å².